The molecule has 6 rings (SSSR count). The molecule has 1 N–H and O–H groups in total. The molecule has 2 saturated carbocycles. The van der Waals surface area contributed by atoms with Crippen LogP contribution in [0.3, 0.4) is 0 Å². The summed E-state index contributed by atoms with van der Waals surface area (Å²) in [6.45, 7) is 2.52. The molecule has 3 aromatic heterocycles. The Bertz CT molecular complexity index is 1270. The third-order valence-corrected chi connectivity index (χ3v) is 7.17. The molecule has 1 amide bonds. The molecule has 1 aliphatic heterocycles. The zero-order valence-corrected chi connectivity index (χ0v) is 18.1. The Morgan fingerprint density at radius 3 is 2.59 bits per heavy atom. The predicted octanol–water partition coefficient (Wildman–Crippen LogP) is 3.37. The number of pyridine rings is 1. The molecule has 0 aromatic carbocycles. The minimum atomic E-state index is -4.54. The summed E-state index contributed by atoms with van der Waals surface area (Å²) in [5.41, 5.74) is 0.773. The second kappa shape index (κ2) is 7.18. The van der Waals surface area contributed by atoms with E-state index in [2.05, 4.69) is 30.2 Å². The molecule has 8 nitrogen and oxygen atoms in total. The number of nitrogens with one attached hydrogen (secondary N) is 1. The van der Waals surface area contributed by atoms with Crippen molar-refractivity contribution < 1.29 is 18.0 Å². The van der Waals surface area contributed by atoms with Gasteiger partial charge in [0.1, 0.15) is 11.5 Å². The summed E-state index contributed by atoms with van der Waals surface area (Å²) >= 11 is 0. The molecule has 3 aliphatic rings. The van der Waals surface area contributed by atoms with E-state index in [1.54, 1.807) is 30.7 Å². The Labute approximate surface area is 192 Å². The smallest absolute Gasteiger partial charge is 0.364 e. The van der Waals surface area contributed by atoms with Crippen molar-refractivity contribution in [2.24, 2.45) is 11.3 Å². The fraction of sp³-hybridized carbons (Fsp3) is 0.391. The summed E-state index contributed by atoms with van der Waals surface area (Å²) in [7, 11) is 0. The maximum atomic E-state index is 13.7. The van der Waals surface area contributed by atoms with Gasteiger partial charge < -0.3 is 10.2 Å². The van der Waals surface area contributed by atoms with Crippen molar-refractivity contribution in [3.05, 3.63) is 59.9 Å². The van der Waals surface area contributed by atoms with E-state index >= 15 is 0 Å². The number of rotatable bonds is 4. The summed E-state index contributed by atoms with van der Waals surface area (Å²) in [5, 5.41) is 3.20. The highest BCUT2D eigenvalue weighted by Gasteiger charge is 2.75. The van der Waals surface area contributed by atoms with Crippen LogP contribution in [0.2, 0.25) is 0 Å². The van der Waals surface area contributed by atoms with E-state index in [0.717, 1.165) is 30.8 Å². The molecule has 1 saturated heterocycles. The minimum absolute atomic E-state index is 0.0702. The van der Waals surface area contributed by atoms with Crippen molar-refractivity contribution >= 4 is 11.7 Å². The van der Waals surface area contributed by atoms with E-state index < -0.39 is 11.9 Å². The lowest BCUT2D eigenvalue weighted by atomic mass is 9.71. The molecule has 3 aromatic rings. The average Bonchev–Trinajstić information content (AvgIpc) is 3.47. The Morgan fingerprint density at radius 2 is 1.88 bits per heavy atom. The van der Waals surface area contributed by atoms with E-state index in [1.807, 2.05) is 11.8 Å². The quantitative estimate of drug-likeness (QED) is 0.628. The second-order valence-corrected chi connectivity index (χ2v) is 9.26. The lowest BCUT2D eigenvalue weighted by Gasteiger charge is -2.48. The van der Waals surface area contributed by atoms with E-state index in [1.165, 1.54) is 0 Å². The molecule has 0 radical (unpaired) electrons. The lowest BCUT2D eigenvalue weighted by Crippen LogP contribution is -2.60. The van der Waals surface area contributed by atoms with Crippen LogP contribution in [-0.4, -0.2) is 54.4 Å². The number of anilines is 1. The first-order valence-corrected chi connectivity index (χ1v) is 11.0. The van der Waals surface area contributed by atoms with E-state index in [4.69, 9.17) is 0 Å². The fourth-order valence-corrected chi connectivity index (χ4v) is 5.58. The van der Waals surface area contributed by atoms with E-state index in [0.29, 0.717) is 29.5 Å². The summed E-state index contributed by atoms with van der Waals surface area (Å²) in [5.74, 6) is 0.945. The van der Waals surface area contributed by atoms with E-state index in [-0.39, 0.29) is 29.2 Å². The third kappa shape index (κ3) is 3.21. The molecule has 174 valence electrons. The van der Waals surface area contributed by atoms with Gasteiger partial charge in [0.2, 0.25) is 0 Å². The normalized spacial score (nSPS) is 26.9. The number of likely N-dealkylation sites (tertiary alicyclic amines) is 1. The van der Waals surface area contributed by atoms with Crippen LogP contribution in [0.1, 0.15) is 34.5 Å². The molecule has 34 heavy (non-hydrogen) atoms. The maximum Gasteiger partial charge on any atom is 0.434 e. The van der Waals surface area contributed by atoms with Crippen LogP contribution in [0.15, 0.2) is 43.1 Å². The fourth-order valence-electron chi connectivity index (χ4n) is 5.58. The van der Waals surface area contributed by atoms with Gasteiger partial charge in [0, 0.05) is 31.2 Å². The molecule has 4 unspecified atom stereocenters. The number of aromatic nitrogens is 5. The highest BCUT2D eigenvalue weighted by Crippen LogP contribution is 2.71. The van der Waals surface area contributed by atoms with E-state index in [9.17, 15) is 18.0 Å². The third-order valence-electron chi connectivity index (χ3n) is 7.17. The molecule has 4 atom stereocenters. The van der Waals surface area contributed by atoms with Crippen LogP contribution in [-0.2, 0) is 6.18 Å². The number of halogens is 3. The standard InChI is InChI=1S/C23H20F3N7O/c1-12-5-14(18(31-8-12)20-27-3-2-4-28-20)21(34)33-11-13-6-22(13)7-15(19(22)33)32-17-10-29-16(9-30-17)23(24,25)26/h2-5,8-10,13,15,19H,6-7,11H2,1H3,(H,30,32). The van der Waals surface area contributed by atoms with Gasteiger partial charge in [-0.15, -0.1) is 0 Å². The summed E-state index contributed by atoms with van der Waals surface area (Å²) < 4.78 is 38.4. The number of carbonyl (C=O) groups is 1. The van der Waals surface area contributed by atoms with Crippen molar-refractivity contribution in [1.29, 1.82) is 0 Å². The topological polar surface area (TPSA) is 96.8 Å². The van der Waals surface area contributed by atoms with Crippen molar-refractivity contribution in [1.82, 2.24) is 29.8 Å². The van der Waals surface area contributed by atoms with Gasteiger partial charge in [-0.1, -0.05) is 0 Å². The van der Waals surface area contributed by atoms with Crippen LogP contribution in [0, 0.1) is 18.3 Å². The predicted molar refractivity (Wildman–Crippen MR) is 114 cm³/mol. The first-order valence-electron chi connectivity index (χ1n) is 11.0. The van der Waals surface area contributed by atoms with Gasteiger partial charge in [0.15, 0.2) is 11.5 Å². The van der Waals surface area contributed by atoms with Crippen LogP contribution in [0.25, 0.3) is 11.5 Å². The van der Waals surface area contributed by atoms with Gasteiger partial charge in [-0.3, -0.25) is 9.78 Å². The molecule has 1 spiro atoms. The Hall–Kier alpha value is -3.63. The maximum absolute atomic E-state index is 13.7. The zero-order valence-electron chi connectivity index (χ0n) is 18.1. The molecule has 11 heteroatoms. The summed E-state index contributed by atoms with van der Waals surface area (Å²) in [6.07, 6.45) is 4.07. The number of carbonyl (C=O) groups excluding carboxylic acids is 1. The highest BCUT2D eigenvalue weighted by atomic mass is 19.4. The first kappa shape index (κ1) is 20.9. The first-order chi connectivity index (χ1) is 16.3. The van der Waals surface area contributed by atoms with Crippen molar-refractivity contribution in [2.45, 2.75) is 38.0 Å². The summed E-state index contributed by atoms with van der Waals surface area (Å²) in [6, 6.07) is 3.32. The lowest BCUT2D eigenvalue weighted by molar-refractivity contribution is -0.141. The molecule has 4 heterocycles. The minimum Gasteiger partial charge on any atom is -0.364 e. The second-order valence-electron chi connectivity index (χ2n) is 9.26. The number of piperidine rings is 1. The number of hydrogen-bond acceptors (Lipinski definition) is 7. The van der Waals surface area contributed by atoms with Gasteiger partial charge in [0.05, 0.1) is 24.0 Å². The van der Waals surface area contributed by atoms with Crippen LogP contribution in [0.4, 0.5) is 19.0 Å². The molecule has 2 aliphatic carbocycles. The number of hydrogen-bond donors (Lipinski definition) is 1. The Kier molecular flexibility index (Phi) is 4.42. The SMILES string of the molecule is Cc1cnc(-c2ncccn2)c(C(=O)N2CC3CC34CC(Nc3cnc(C(F)(F)F)cn3)C24)c1. The largest absolute Gasteiger partial charge is 0.434 e. The molecular formula is C23H20F3N7O. The number of alkyl halides is 3. The monoisotopic (exact) mass is 467 g/mol. The summed E-state index contributed by atoms with van der Waals surface area (Å²) in [4.78, 5) is 36.0. The van der Waals surface area contributed by atoms with Crippen molar-refractivity contribution in [2.75, 3.05) is 11.9 Å². The Balaban J connectivity index is 1.26. The molecular weight excluding hydrogens is 447 g/mol. The van der Waals surface area contributed by atoms with Crippen molar-refractivity contribution in [3.8, 4) is 11.5 Å². The van der Waals surface area contributed by atoms with Crippen molar-refractivity contribution in [3.63, 3.8) is 0 Å². The van der Waals surface area contributed by atoms with Gasteiger partial charge in [-0.25, -0.2) is 19.9 Å². The van der Waals surface area contributed by atoms with Gasteiger partial charge in [-0.05, 0) is 48.8 Å². The average molecular weight is 467 g/mol. The van der Waals surface area contributed by atoms with Crippen LogP contribution >= 0.6 is 0 Å². The number of amides is 1. The van der Waals surface area contributed by atoms with Gasteiger partial charge >= 0.3 is 6.18 Å². The van der Waals surface area contributed by atoms with Crippen LogP contribution in [0.5, 0.6) is 0 Å². The van der Waals surface area contributed by atoms with Gasteiger partial charge in [-0.2, -0.15) is 13.2 Å². The molecule has 0 bridgehead atoms. The zero-order chi connectivity index (χ0) is 23.7. The van der Waals surface area contributed by atoms with Gasteiger partial charge in [0.25, 0.3) is 5.91 Å². The molecule has 3 fully saturated rings. The number of nitrogens with zero attached hydrogens (tertiary/aromatic N) is 6. The Morgan fingerprint density at radius 1 is 1.09 bits per heavy atom. The highest BCUT2D eigenvalue weighted by molar-refractivity contribution is 6.00. The van der Waals surface area contributed by atoms with Crippen LogP contribution < -0.4 is 5.32 Å². The number of aryl methyl sites for hydroxylation is 1.